The Morgan fingerprint density at radius 3 is 2.43 bits per heavy atom. The third-order valence-corrected chi connectivity index (χ3v) is 12.1. The zero-order valence-electron chi connectivity index (χ0n) is 20.7. The number of aliphatic hydroxyl groups excluding tert-OH is 1. The third-order valence-electron chi connectivity index (χ3n) is 12.1. The molecule has 1 nitrogen and oxygen atoms in total. The van der Waals surface area contributed by atoms with Crippen LogP contribution >= 0.6 is 0 Å². The van der Waals surface area contributed by atoms with E-state index in [1.54, 1.807) is 5.57 Å². The van der Waals surface area contributed by atoms with E-state index < -0.39 is 0 Å². The fraction of sp³-hybridized carbons (Fsp3) is 0.931. The van der Waals surface area contributed by atoms with E-state index in [9.17, 15) is 5.11 Å². The fourth-order valence-corrected chi connectivity index (χ4v) is 9.78. The Morgan fingerprint density at radius 1 is 0.933 bits per heavy atom. The van der Waals surface area contributed by atoms with Crippen molar-refractivity contribution in [3.8, 4) is 0 Å². The number of aliphatic hydroxyl groups is 1. The van der Waals surface area contributed by atoms with Crippen LogP contribution in [0.1, 0.15) is 99.3 Å². The highest BCUT2D eigenvalue weighted by molar-refractivity contribution is 5.25. The van der Waals surface area contributed by atoms with Crippen molar-refractivity contribution in [1.82, 2.24) is 0 Å². The van der Waals surface area contributed by atoms with Crippen molar-refractivity contribution in [2.24, 2.45) is 64.1 Å². The summed E-state index contributed by atoms with van der Waals surface area (Å²) in [4.78, 5) is 0. The molecular formula is C29H48O. The summed E-state index contributed by atoms with van der Waals surface area (Å²) < 4.78 is 0. The molecule has 0 saturated heterocycles. The van der Waals surface area contributed by atoms with E-state index in [1.807, 2.05) is 0 Å². The topological polar surface area (TPSA) is 20.2 Å². The second-order valence-electron chi connectivity index (χ2n) is 13.4. The summed E-state index contributed by atoms with van der Waals surface area (Å²) in [6.45, 7) is 15.3. The van der Waals surface area contributed by atoms with E-state index in [-0.39, 0.29) is 6.10 Å². The number of allylic oxidation sites excluding steroid dienone is 1. The molecule has 1 heteroatoms. The number of hydrogen-bond acceptors (Lipinski definition) is 1. The van der Waals surface area contributed by atoms with Crippen LogP contribution in [0.5, 0.6) is 0 Å². The molecule has 1 unspecified atom stereocenters. The summed E-state index contributed by atoms with van der Waals surface area (Å²) >= 11 is 0. The maximum absolute atomic E-state index is 10.3. The van der Waals surface area contributed by atoms with Crippen LogP contribution in [0.15, 0.2) is 11.6 Å². The molecule has 0 radical (unpaired) electrons. The lowest BCUT2D eigenvalue weighted by atomic mass is 9.47. The van der Waals surface area contributed by atoms with Crippen molar-refractivity contribution in [2.45, 2.75) is 105 Å². The van der Waals surface area contributed by atoms with Crippen LogP contribution in [0.4, 0.5) is 0 Å². The van der Waals surface area contributed by atoms with Gasteiger partial charge in [0.1, 0.15) is 0 Å². The van der Waals surface area contributed by atoms with Crippen LogP contribution in [0, 0.1) is 64.1 Å². The molecule has 11 atom stereocenters. The summed E-state index contributed by atoms with van der Waals surface area (Å²) in [6.07, 6.45) is 14.4. The average molecular weight is 413 g/mol. The molecule has 4 fully saturated rings. The summed E-state index contributed by atoms with van der Waals surface area (Å²) in [5.41, 5.74) is 2.60. The first kappa shape index (κ1) is 21.5. The van der Waals surface area contributed by atoms with Crippen molar-refractivity contribution in [3.05, 3.63) is 11.6 Å². The van der Waals surface area contributed by atoms with Gasteiger partial charge < -0.3 is 5.11 Å². The van der Waals surface area contributed by atoms with E-state index >= 15 is 0 Å². The minimum Gasteiger partial charge on any atom is -0.393 e. The molecule has 1 N–H and O–H groups in total. The Balaban J connectivity index is 1.34. The molecule has 5 aliphatic carbocycles. The van der Waals surface area contributed by atoms with Crippen molar-refractivity contribution in [1.29, 1.82) is 0 Å². The fourth-order valence-electron chi connectivity index (χ4n) is 9.78. The molecule has 0 amide bonds. The van der Waals surface area contributed by atoms with Crippen molar-refractivity contribution in [3.63, 3.8) is 0 Å². The molecule has 0 spiro atoms. The van der Waals surface area contributed by atoms with Crippen LogP contribution in [-0.4, -0.2) is 11.2 Å². The van der Waals surface area contributed by atoms with Gasteiger partial charge in [0.25, 0.3) is 0 Å². The van der Waals surface area contributed by atoms with Crippen LogP contribution in [0.3, 0.4) is 0 Å². The maximum atomic E-state index is 10.3. The summed E-state index contributed by atoms with van der Waals surface area (Å²) in [5.74, 6) is 8.39. The van der Waals surface area contributed by atoms with Gasteiger partial charge in [-0.15, -0.1) is 0 Å². The minimum absolute atomic E-state index is 0.0776. The molecule has 5 rings (SSSR count). The smallest absolute Gasteiger partial charge is 0.0577 e. The second-order valence-corrected chi connectivity index (χ2v) is 13.4. The first-order valence-corrected chi connectivity index (χ1v) is 13.5. The molecule has 0 heterocycles. The van der Waals surface area contributed by atoms with Crippen molar-refractivity contribution in [2.75, 3.05) is 0 Å². The number of hydrogen-bond donors (Lipinski definition) is 1. The van der Waals surface area contributed by atoms with Gasteiger partial charge in [0, 0.05) is 0 Å². The highest BCUT2D eigenvalue weighted by Gasteiger charge is 2.61. The van der Waals surface area contributed by atoms with Gasteiger partial charge in [-0.05, 0) is 122 Å². The van der Waals surface area contributed by atoms with Crippen LogP contribution in [-0.2, 0) is 0 Å². The zero-order valence-corrected chi connectivity index (χ0v) is 20.7. The van der Waals surface area contributed by atoms with Gasteiger partial charge >= 0.3 is 0 Å². The van der Waals surface area contributed by atoms with E-state index in [0.29, 0.717) is 10.8 Å². The van der Waals surface area contributed by atoms with Gasteiger partial charge in [-0.25, -0.2) is 0 Å². The Morgan fingerprint density at radius 2 is 1.70 bits per heavy atom. The SMILES string of the molecule is CC(C)C(C)[C@H]1C[C@@H]1[C@H](C)[C@@H]1CC[C@@H]2[C@H]3CC=C4C[C@H](O)CC[C@@]4(C)[C@@H]3CC[C@]21C. The first-order chi connectivity index (χ1) is 14.2. The quantitative estimate of drug-likeness (QED) is 0.474. The monoisotopic (exact) mass is 412 g/mol. The Kier molecular flexibility index (Phi) is 5.28. The van der Waals surface area contributed by atoms with E-state index in [0.717, 1.165) is 66.1 Å². The molecule has 170 valence electrons. The van der Waals surface area contributed by atoms with Gasteiger partial charge in [-0.2, -0.15) is 0 Å². The Labute approximate surface area is 186 Å². The number of rotatable bonds is 4. The maximum Gasteiger partial charge on any atom is 0.0577 e. The van der Waals surface area contributed by atoms with Crippen LogP contribution in [0.2, 0.25) is 0 Å². The van der Waals surface area contributed by atoms with Crippen LogP contribution < -0.4 is 0 Å². The normalized spacial score (nSPS) is 52.1. The zero-order chi connectivity index (χ0) is 21.4. The lowest BCUT2D eigenvalue weighted by molar-refractivity contribution is -0.0586. The van der Waals surface area contributed by atoms with Crippen molar-refractivity contribution < 1.29 is 5.11 Å². The standard InChI is InChI=1S/C29H48O/c1-17(2)18(3)23-16-24(23)19(4)25-9-10-26-22-8-7-20-15-21(30)11-13-28(20,5)27(22)12-14-29(25,26)6/h7,17-19,21-27,30H,8-16H2,1-6H3/t18?,19-,21+,22+,23+,24+,25-,26+,27+,28+,29-/m0/s1. The number of fused-ring (bicyclic) bond motifs is 5. The second kappa shape index (κ2) is 7.36. The van der Waals surface area contributed by atoms with Gasteiger partial charge in [-0.1, -0.05) is 53.2 Å². The molecule has 0 aromatic rings. The Bertz CT molecular complexity index is 692. The minimum atomic E-state index is -0.0776. The summed E-state index contributed by atoms with van der Waals surface area (Å²) in [5, 5.41) is 10.3. The summed E-state index contributed by atoms with van der Waals surface area (Å²) in [6, 6.07) is 0. The third kappa shape index (κ3) is 3.11. The van der Waals surface area contributed by atoms with Gasteiger partial charge in [-0.3, -0.25) is 0 Å². The van der Waals surface area contributed by atoms with Gasteiger partial charge in [0.15, 0.2) is 0 Å². The van der Waals surface area contributed by atoms with Crippen LogP contribution in [0.25, 0.3) is 0 Å². The molecule has 0 bridgehead atoms. The highest BCUT2D eigenvalue weighted by atomic mass is 16.3. The molecule has 0 aromatic heterocycles. The molecule has 5 aliphatic rings. The predicted octanol–water partition coefficient (Wildman–Crippen LogP) is 7.49. The van der Waals surface area contributed by atoms with E-state index in [2.05, 4.69) is 47.6 Å². The summed E-state index contributed by atoms with van der Waals surface area (Å²) in [7, 11) is 0. The molecule has 0 aromatic carbocycles. The molecule has 0 aliphatic heterocycles. The Hall–Kier alpha value is -0.300. The first-order valence-electron chi connectivity index (χ1n) is 13.5. The highest BCUT2D eigenvalue weighted by Crippen LogP contribution is 2.69. The van der Waals surface area contributed by atoms with Crippen molar-refractivity contribution >= 4 is 0 Å². The lowest BCUT2D eigenvalue weighted by Crippen LogP contribution is -2.51. The molecule has 30 heavy (non-hydrogen) atoms. The largest absolute Gasteiger partial charge is 0.393 e. The molecule has 4 saturated carbocycles. The van der Waals surface area contributed by atoms with Gasteiger partial charge in [0.05, 0.1) is 6.10 Å². The van der Waals surface area contributed by atoms with E-state index in [4.69, 9.17) is 0 Å². The predicted molar refractivity (Wildman–Crippen MR) is 126 cm³/mol. The average Bonchev–Trinajstić information content (AvgIpc) is 3.42. The lowest BCUT2D eigenvalue weighted by Gasteiger charge is -2.58. The molecular weight excluding hydrogens is 364 g/mol. The van der Waals surface area contributed by atoms with Gasteiger partial charge in [0.2, 0.25) is 0 Å². The van der Waals surface area contributed by atoms with E-state index in [1.165, 1.54) is 44.9 Å².